The molecular formula is C23H27N3O5S. The lowest BCUT2D eigenvalue weighted by Gasteiger charge is -2.44. The van der Waals surface area contributed by atoms with E-state index in [0.29, 0.717) is 5.56 Å². The van der Waals surface area contributed by atoms with Crippen molar-refractivity contribution in [2.24, 2.45) is 11.0 Å². The van der Waals surface area contributed by atoms with Crippen molar-refractivity contribution < 1.29 is 23.7 Å². The normalized spacial score (nSPS) is 24.9. The largest absolute Gasteiger partial charge is 0.497 e. The second-order valence-corrected chi connectivity index (χ2v) is 8.35. The molecule has 8 nitrogen and oxygen atoms in total. The van der Waals surface area contributed by atoms with Crippen LogP contribution in [0.15, 0.2) is 59.7 Å². The fraction of sp³-hybridized carbons (Fsp3) is 0.435. The van der Waals surface area contributed by atoms with E-state index in [1.165, 1.54) is 11.8 Å². The molecule has 32 heavy (non-hydrogen) atoms. The first-order valence-corrected chi connectivity index (χ1v) is 11.6. The number of carbonyl (C=O) groups excluding carboxylic acids is 1. The third kappa shape index (κ3) is 5.95. The molecule has 1 fully saturated rings. The topological polar surface area (TPSA) is 103 Å². The van der Waals surface area contributed by atoms with Gasteiger partial charge in [0.05, 0.1) is 31.9 Å². The van der Waals surface area contributed by atoms with Crippen LogP contribution >= 0.6 is 11.8 Å². The molecule has 0 bridgehead atoms. The summed E-state index contributed by atoms with van der Waals surface area (Å²) in [6.45, 7) is 2.32. The van der Waals surface area contributed by atoms with E-state index in [2.05, 4.69) is 10.0 Å². The molecule has 0 N–H and O–H groups in total. The number of methoxy groups -OCH3 is 1. The molecule has 1 aliphatic heterocycles. The average Bonchev–Trinajstić information content (AvgIpc) is 2.84. The number of hydrogen-bond acceptors (Lipinski definition) is 7. The minimum atomic E-state index is -0.603. The summed E-state index contributed by atoms with van der Waals surface area (Å²) in [4.78, 5) is 15.7. The third-order valence-electron chi connectivity index (χ3n) is 5.36. The quantitative estimate of drug-likeness (QED) is 0.231. The van der Waals surface area contributed by atoms with Gasteiger partial charge in [0.25, 0.3) is 0 Å². The zero-order chi connectivity index (χ0) is 22.9. The number of hydrogen-bond donors (Lipinski definition) is 0. The lowest BCUT2D eigenvalue weighted by molar-refractivity contribution is -0.192. The predicted molar refractivity (Wildman–Crippen MR) is 123 cm³/mol. The molecule has 0 amide bonds. The fourth-order valence-electron chi connectivity index (χ4n) is 3.63. The lowest BCUT2D eigenvalue weighted by Crippen LogP contribution is -2.56. The molecule has 2 aromatic rings. The van der Waals surface area contributed by atoms with Crippen molar-refractivity contribution >= 4 is 17.7 Å². The molecule has 0 aromatic heterocycles. The summed E-state index contributed by atoms with van der Waals surface area (Å²) in [6, 6.07) is 16.4. The summed E-state index contributed by atoms with van der Waals surface area (Å²) in [5, 5.41) is 3.70. The smallest absolute Gasteiger partial charge is 0.338 e. The standard InChI is InChI=1S/C23H27N3O5S/c1-15-20(31-22(27)17-7-5-4-6-8-17)21(19(13-25-26-24)30-23(15)32-3)29-14-16-9-11-18(28-2)12-10-16/h4-12,15,19-21,23H,13-14H2,1-3H3/t15?,19?,20-,21+,23-/m0/s1. The Labute approximate surface area is 191 Å². The van der Waals surface area contributed by atoms with Gasteiger partial charge >= 0.3 is 5.97 Å². The van der Waals surface area contributed by atoms with E-state index < -0.39 is 24.3 Å². The average molecular weight is 458 g/mol. The highest BCUT2D eigenvalue weighted by Crippen LogP contribution is 2.36. The number of ether oxygens (including phenoxy) is 4. The van der Waals surface area contributed by atoms with Crippen LogP contribution in [-0.2, 0) is 20.8 Å². The van der Waals surface area contributed by atoms with Gasteiger partial charge in [-0.3, -0.25) is 0 Å². The zero-order valence-corrected chi connectivity index (χ0v) is 19.1. The van der Waals surface area contributed by atoms with Gasteiger partial charge in [-0.2, -0.15) is 0 Å². The highest BCUT2D eigenvalue weighted by molar-refractivity contribution is 7.99. The number of carbonyl (C=O) groups is 1. The van der Waals surface area contributed by atoms with Crippen molar-refractivity contribution in [2.75, 3.05) is 19.9 Å². The van der Waals surface area contributed by atoms with Gasteiger partial charge in [0, 0.05) is 10.8 Å². The molecule has 2 aromatic carbocycles. The summed E-state index contributed by atoms with van der Waals surface area (Å²) in [5.41, 5.74) is 10.00. The van der Waals surface area contributed by atoms with Gasteiger partial charge in [-0.05, 0) is 41.6 Å². The summed E-state index contributed by atoms with van der Waals surface area (Å²) in [5.74, 6) is 0.188. The second kappa shape index (κ2) is 11.8. The first-order chi connectivity index (χ1) is 15.6. The van der Waals surface area contributed by atoms with Crippen molar-refractivity contribution in [3.8, 4) is 5.75 Å². The monoisotopic (exact) mass is 457 g/mol. The maximum Gasteiger partial charge on any atom is 0.338 e. The fourth-order valence-corrected chi connectivity index (χ4v) is 4.47. The minimum absolute atomic E-state index is 0.0763. The van der Waals surface area contributed by atoms with Gasteiger partial charge in [0.1, 0.15) is 23.4 Å². The molecule has 0 spiro atoms. The molecule has 170 valence electrons. The number of azide groups is 1. The summed E-state index contributed by atoms with van der Waals surface area (Å²) in [7, 11) is 1.61. The van der Waals surface area contributed by atoms with Gasteiger partial charge in [-0.1, -0.05) is 42.4 Å². The summed E-state index contributed by atoms with van der Waals surface area (Å²) in [6.07, 6.45) is 0.200. The van der Waals surface area contributed by atoms with Gasteiger partial charge in [0.15, 0.2) is 0 Å². The molecule has 0 aliphatic carbocycles. The zero-order valence-electron chi connectivity index (χ0n) is 18.3. The van der Waals surface area contributed by atoms with E-state index in [-0.39, 0.29) is 24.5 Å². The second-order valence-electron chi connectivity index (χ2n) is 7.41. The molecule has 1 heterocycles. The third-order valence-corrected chi connectivity index (χ3v) is 6.36. The molecule has 0 saturated carbocycles. The van der Waals surface area contributed by atoms with Crippen molar-refractivity contribution in [3.05, 3.63) is 76.2 Å². The Bertz CT molecular complexity index is 921. The van der Waals surface area contributed by atoms with Crippen molar-refractivity contribution in [1.82, 2.24) is 0 Å². The van der Waals surface area contributed by atoms with E-state index in [4.69, 9.17) is 24.5 Å². The van der Waals surface area contributed by atoms with Crippen molar-refractivity contribution in [2.45, 2.75) is 37.3 Å². The Morgan fingerprint density at radius 3 is 2.50 bits per heavy atom. The number of benzene rings is 2. The molecule has 1 saturated heterocycles. The molecule has 2 unspecified atom stereocenters. The molecule has 1 aliphatic rings. The van der Waals surface area contributed by atoms with Gasteiger partial charge < -0.3 is 18.9 Å². The van der Waals surface area contributed by atoms with Crippen LogP contribution in [0.1, 0.15) is 22.8 Å². The molecule has 9 heteroatoms. The van der Waals surface area contributed by atoms with E-state index in [9.17, 15) is 4.79 Å². The van der Waals surface area contributed by atoms with Crippen molar-refractivity contribution in [3.63, 3.8) is 0 Å². The van der Waals surface area contributed by atoms with Gasteiger partial charge in [-0.15, -0.1) is 11.8 Å². The van der Waals surface area contributed by atoms with Crippen LogP contribution < -0.4 is 4.74 Å². The number of rotatable bonds is 9. The van der Waals surface area contributed by atoms with Crippen LogP contribution in [0.25, 0.3) is 10.4 Å². The van der Waals surface area contributed by atoms with Crippen LogP contribution in [0, 0.1) is 5.92 Å². The Balaban J connectivity index is 1.83. The number of nitrogens with zero attached hydrogens (tertiary/aromatic N) is 3. The highest BCUT2D eigenvalue weighted by atomic mass is 32.2. The van der Waals surface area contributed by atoms with Crippen LogP contribution in [-0.4, -0.2) is 49.6 Å². The maximum atomic E-state index is 12.8. The Kier molecular flexibility index (Phi) is 8.81. The van der Waals surface area contributed by atoms with Crippen LogP contribution in [0.4, 0.5) is 0 Å². The first-order valence-electron chi connectivity index (χ1n) is 10.3. The SMILES string of the molecule is COc1ccc(CO[C@@H]2C(CN=[N+]=[N-])O[C@@H](SC)C(C)[C@@H]2OC(=O)c2ccccc2)cc1. The molecule has 0 radical (unpaired) electrons. The molecule has 3 rings (SSSR count). The first kappa shape index (κ1) is 23.9. The Morgan fingerprint density at radius 1 is 1.16 bits per heavy atom. The van der Waals surface area contributed by atoms with E-state index in [1.54, 1.807) is 31.4 Å². The molecule has 5 atom stereocenters. The highest BCUT2D eigenvalue weighted by Gasteiger charge is 2.46. The summed E-state index contributed by atoms with van der Waals surface area (Å²) < 4.78 is 23.6. The van der Waals surface area contributed by atoms with Crippen LogP contribution in [0.2, 0.25) is 0 Å². The van der Waals surface area contributed by atoms with E-state index in [1.807, 2.05) is 43.5 Å². The van der Waals surface area contributed by atoms with Crippen molar-refractivity contribution in [1.29, 1.82) is 0 Å². The number of thioether (sulfide) groups is 1. The number of esters is 1. The van der Waals surface area contributed by atoms with E-state index >= 15 is 0 Å². The van der Waals surface area contributed by atoms with Crippen LogP contribution in [0.3, 0.4) is 0 Å². The predicted octanol–water partition coefficient (Wildman–Crippen LogP) is 4.84. The maximum absolute atomic E-state index is 12.8. The lowest BCUT2D eigenvalue weighted by atomic mass is 9.92. The van der Waals surface area contributed by atoms with Gasteiger partial charge in [0.2, 0.25) is 0 Å². The Hall–Kier alpha value is -2.71. The van der Waals surface area contributed by atoms with E-state index in [0.717, 1.165) is 11.3 Å². The molecular weight excluding hydrogens is 430 g/mol. The van der Waals surface area contributed by atoms with Crippen LogP contribution in [0.5, 0.6) is 5.75 Å². The minimum Gasteiger partial charge on any atom is -0.497 e. The summed E-state index contributed by atoms with van der Waals surface area (Å²) >= 11 is 1.52. The Morgan fingerprint density at radius 2 is 1.88 bits per heavy atom. The van der Waals surface area contributed by atoms with Gasteiger partial charge in [-0.25, -0.2) is 4.79 Å².